The number of halogens is 1. The second kappa shape index (κ2) is 6.71. The van der Waals surface area contributed by atoms with Crippen LogP contribution in [0.2, 0.25) is 0 Å². The SMILES string of the molecule is CNc1cccc(C=Cc2ccccc2)n1.Cl. The van der Waals surface area contributed by atoms with Crippen LogP contribution in [0.4, 0.5) is 5.82 Å². The van der Waals surface area contributed by atoms with Gasteiger partial charge in [0.2, 0.25) is 0 Å². The van der Waals surface area contributed by atoms with E-state index in [0.29, 0.717) is 0 Å². The zero-order valence-electron chi connectivity index (χ0n) is 9.63. The Labute approximate surface area is 108 Å². The molecule has 1 N–H and O–H groups in total. The van der Waals surface area contributed by atoms with Crippen molar-refractivity contribution >= 4 is 30.4 Å². The van der Waals surface area contributed by atoms with Gasteiger partial charge in [0.25, 0.3) is 0 Å². The van der Waals surface area contributed by atoms with E-state index in [0.717, 1.165) is 11.5 Å². The Kier molecular flexibility index (Phi) is 5.24. The number of benzene rings is 1. The van der Waals surface area contributed by atoms with Gasteiger partial charge in [0, 0.05) is 7.05 Å². The third-order valence-electron chi connectivity index (χ3n) is 2.27. The highest BCUT2D eigenvalue weighted by Gasteiger charge is 1.91. The molecule has 0 saturated heterocycles. The Balaban J connectivity index is 0.00000144. The van der Waals surface area contributed by atoms with E-state index in [4.69, 9.17) is 0 Å². The van der Waals surface area contributed by atoms with E-state index in [2.05, 4.69) is 28.5 Å². The number of hydrogen-bond donors (Lipinski definition) is 1. The molecule has 88 valence electrons. The van der Waals surface area contributed by atoms with E-state index in [-0.39, 0.29) is 12.4 Å². The van der Waals surface area contributed by atoms with Gasteiger partial charge in [-0.2, -0.15) is 0 Å². The third kappa shape index (κ3) is 3.93. The van der Waals surface area contributed by atoms with Crippen LogP contribution in [0, 0.1) is 0 Å². The first-order chi connectivity index (χ1) is 7.88. The number of nitrogens with one attached hydrogen (secondary N) is 1. The molecule has 1 heterocycles. The number of nitrogens with zero attached hydrogens (tertiary/aromatic N) is 1. The molecule has 0 atom stereocenters. The number of pyridine rings is 1. The second-order valence-corrected chi connectivity index (χ2v) is 3.44. The lowest BCUT2D eigenvalue weighted by Gasteiger charge is -1.99. The smallest absolute Gasteiger partial charge is 0.126 e. The van der Waals surface area contributed by atoms with Gasteiger partial charge in [0.15, 0.2) is 0 Å². The average Bonchev–Trinajstić information content (AvgIpc) is 2.38. The Morgan fingerprint density at radius 1 is 0.941 bits per heavy atom. The molecule has 1 aromatic heterocycles. The molecule has 0 spiro atoms. The zero-order valence-corrected chi connectivity index (χ0v) is 10.4. The second-order valence-electron chi connectivity index (χ2n) is 3.44. The molecule has 2 nitrogen and oxygen atoms in total. The maximum atomic E-state index is 4.41. The summed E-state index contributed by atoms with van der Waals surface area (Å²) in [6, 6.07) is 16.1. The van der Waals surface area contributed by atoms with Gasteiger partial charge in [-0.3, -0.25) is 0 Å². The molecular formula is C14H15ClN2. The minimum absolute atomic E-state index is 0. The fourth-order valence-corrected chi connectivity index (χ4v) is 1.43. The summed E-state index contributed by atoms with van der Waals surface area (Å²) in [7, 11) is 1.87. The molecule has 0 aliphatic carbocycles. The van der Waals surface area contributed by atoms with Crippen molar-refractivity contribution in [1.82, 2.24) is 4.98 Å². The van der Waals surface area contributed by atoms with Crippen LogP contribution in [-0.4, -0.2) is 12.0 Å². The van der Waals surface area contributed by atoms with Crippen molar-refractivity contribution in [3.63, 3.8) is 0 Å². The van der Waals surface area contributed by atoms with Crippen molar-refractivity contribution in [2.24, 2.45) is 0 Å². The van der Waals surface area contributed by atoms with Crippen LogP contribution in [-0.2, 0) is 0 Å². The lowest BCUT2D eigenvalue weighted by molar-refractivity contribution is 1.26. The van der Waals surface area contributed by atoms with Crippen molar-refractivity contribution in [2.75, 3.05) is 12.4 Å². The molecule has 0 radical (unpaired) electrons. The highest BCUT2D eigenvalue weighted by Crippen LogP contribution is 2.08. The molecule has 17 heavy (non-hydrogen) atoms. The third-order valence-corrected chi connectivity index (χ3v) is 2.27. The maximum absolute atomic E-state index is 4.41. The minimum atomic E-state index is 0. The van der Waals surface area contributed by atoms with Crippen LogP contribution in [0.3, 0.4) is 0 Å². The fraction of sp³-hybridized carbons (Fsp3) is 0.0714. The zero-order chi connectivity index (χ0) is 11.2. The summed E-state index contributed by atoms with van der Waals surface area (Å²) in [5.74, 6) is 0.884. The molecule has 1 aromatic carbocycles. The van der Waals surface area contributed by atoms with Crippen molar-refractivity contribution in [3.8, 4) is 0 Å². The maximum Gasteiger partial charge on any atom is 0.126 e. The van der Waals surface area contributed by atoms with Crippen molar-refractivity contribution in [3.05, 3.63) is 59.8 Å². The molecule has 2 rings (SSSR count). The van der Waals surface area contributed by atoms with E-state index in [1.165, 1.54) is 5.56 Å². The molecule has 0 aliphatic rings. The number of hydrogen-bond acceptors (Lipinski definition) is 2. The van der Waals surface area contributed by atoms with E-state index in [9.17, 15) is 0 Å². The van der Waals surface area contributed by atoms with Gasteiger partial charge in [0.05, 0.1) is 5.69 Å². The molecule has 0 amide bonds. The highest BCUT2D eigenvalue weighted by molar-refractivity contribution is 5.85. The van der Waals surface area contributed by atoms with Gasteiger partial charge in [0.1, 0.15) is 5.82 Å². The monoisotopic (exact) mass is 246 g/mol. The number of rotatable bonds is 3. The van der Waals surface area contributed by atoms with Crippen LogP contribution in [0.25, 0.3) is 12.2 Å². The summed E-state index contributed by atoms with van der Waals surface area (Å²) in [4.78, 5) is 4.41. The molecule has 0 unspecified atom stereocenters. The van der Waals surface area contributed by atoms with Crippen LogP contribution in [0.5, 0.6) is 0 Å². The molecule has 0 saturated carbocycles. The van der Waals surface area contributed by atoms with E-state index < -0.39 is 0 Å². The molecule has 0 aliphatic heterocycles. The van der Waals surface area contributed by atoms with E-state index in [1.54, 1.807) is 0 Å². The van der Waals surface area contributed by atoms with Gasteiger partial charge in [-0.05, 0) is 23.8 Å². The Morgan fingerprint density at radius 2 is 1.71 bits per heavy atom. The molecule has 0 fully saturated rings. The summed E-state index contributed by atoms with van der Waals surface area (Å²) < 4.78 is 0. The van der Waals surface area contributed by atoms with Crippen LogP contribution >= 0.6 is 12.4 Å². The largest absolute Gasteiger partial charge is 0.373 e. The normalized spacial score (nSPS) is 9.94. The topological polar surface area (TPSA) is 24.9 Å². The van der Waals surface area contributed by atoms with Crippen molar-refractivity contribution in [1.29, 1.82) is 0 Å². The predicted molar refractivity (Wildman–Crippen MR) is 76.4 cm³/mol. The lowest BCUT2D eigenvalue weighted by atomic mass is 10.2. The number of aromatic nitrogens is 1. The average molecular weight is 247 g/mol. The lowest BCUT2D eigenvalue weighted by Crippen LogP contribution is -1.92. The van der Waals surface area contributed by atoms with Gasteiger partial charge in [-0.1, -0.05) is 42.5 Å². The van der Waals surface area contributed by atoms with Gasteiger partial charge in [-0.25, -0.2) is 4.98 Å². The first-order valence-electron chi connectivity index (χ1n) is 5.26. The summed E-state index contributed by atoms with van der Waals surface area (Å²) in [6.07, 6.45) is 4.07. The van der Waals surface area contributed by atoms with E-state index >= 15 is 0 Å². The highest BCUT2D eigenvalue weighted by atomic mass is 35.5. The molecular weight excluding hydrogens is 232 g/mol. The summed E-state index contributed by atoms with van der Waals surface area (Å²) in [5, 5.41) is 3.02. The summed E-state index contributed by atoms with van der Waals surface area (Å²) in [6.45, 7) is 0. The first-order valence-corrected chi connectivity index (χ1v) is 5.26. The van der Waals surface area contributed by atoms with Crippen LogP contribution < -0.4 is 5.32 Å². The first kappa shape index (κ1) is 13.3. The molecule has 2 aromatic rings. The molecule has 3 heteroatoms. The van der Waals surface area contributed by atoms with Crippen molar-refractivity contribution < 1.29 is 0 Å². The van der Waals surface area contributed by atoms with Gasteiger partial charge >= 0.3 is 0 Å². The van der Waals surface area contributed by atoms with Crippen LogP contribution in [0.15, 0.2) is 48.5 Å². The standard InChI is InChI=1S/C14H14N2.ClH/c1-15-14-9-5-8-13(16-14)11-10-12-6-3-2-4-7-12;/h2-11H,1H3,(H,15,16);1H. The summed E-state index contributed by atoms with van der Waals surface area (Å²) >= 11 is 0. The Morgan fingerprint density at radius 3 is 2.41 bits per heavy atom. The Hall–Kier alpha value is -1.80. The van der Waals surface area contributed by atoms with Gasteiger partial charge in [-0.15, -0.1) is 12.4 Å². The minimum Gasteiger partial charge on any atom is -0.373 e. The van der Waals surface area contributed by atoms with Crippen LogP contribution in [0.1, 0.15) is 11.3 Å². The number of anilines is 1. The van der Waals surface area contributed by atoms with E-state index in [1.807, 2.05) is 49.5 Å². The summed E-state index contributed by atoms with van der Waals surface area (Å²) in [5.41, 5.74) is 2.13. The predicted octanol–water partition coefficient (Wildman–Crippen LogP) is 3.72. The fourth-order valence-electron chi connectivity index (χ4n) is 1.43. The quantitative estimate of drug-likeness (QED) is 0.893. The Bertz CT molecular complexity index is 481. The van der Waals surface area contributed by atoms with Crippen molar-refractivity contribution in [2.45, 2.75) is 0 Å². The molecule has 0 bridgehead atoms. The van der Waals surface area contributed by atoms with Gasteiger partial charge < -0.3 is 5.32 Å².